The van der Waals surface area contributed by atoms with Gasteiger partial charge in [-0.2, -0.15) is 0 Å². The Morgan fingerprint density at radius 2 is 1.89 bits per heavy atom. The summed E-state index contributed by atoms with van der Waals surface area (Å²) in [5, 5.41) is 3.51. The smallest absolute Gasteiger partial charge is 0.173 e. The van der Waals surface area contributed by atoms with Crippen molar-refractivity contribution < 1.29 is 9.47 Å². The zero-order valence-electron chi connectivity index (χ0n) is 11.9. The fourth-order valence-electron chi connectivity index (χ4n) is 1.88. The second kappa shape index (κ2) is 9.72. The first kappa shape index (κ1) is 16.9. The van der Waals surface area contributed by atoms with Gasteiger partial charge in [0, 0.05) is 24.5 Å². The van der Waals surface area contributed by atoms with Crippen LogP contribution in [0.5, 0.6) is 0 Å². The molecule has 0 radical (unpaired) electrons. The minimum absolute atomic E-state index is 0.162. The van der Waals surface area contributed by atoms with Crippen molar-refractivity contribution in [3.63, 3.8) is 0 Å². The molecule has 0 aliphatic rings. The van der Waals surface area contributed by atoms with Gasteiger partial charge in [-0.05, 0) is 38.9 Å². The van der Waals surface area contributed by atoms with E-state index in [1.54, 1.807) is 11.3 Å². The quantitative estimate of drug-likeness (QED) is 0.668. The molecule has 19 heavy (non-hydrogen) atoms. The standard InChI is InChI=1S/C14H24ClNO2S/c1-4-9-16-12(14(17-5-2)18-6-3)10-11-7-8-13(15)19-11/h7-8,12,14,16H,4-6,9-10H2,1-3H3. The van der Waals surface area contributed by atoms with Gasteiger partial charge in [0.05, 0.1) is 10.4 Å². The second-order valence-corrected chi connectivity index (χ2v) is 6.05. The summed E-state index contributed by atoms with van der Waals surface area (Å²) < 4.78 is 12.2. The van der Waals surface area contributed by atoms with Crippen LogP contribution in [0, 0.1) is 0 Å². The van der Waals surface area contributed by atoms with Crippen LogP contribution in [0.2, 0.25) is 4.34 Å². The molecule has 1 N–H and O–H groups in total. The van der Waals surface area contributed by atoms with Gasteiger partial charge in [0.15, 0.2) is 6.29 Å². The van der Waals surface area contributed by atoms with Crippen LogP contribution in [0.3, 0.4) is 0 Å². The number of rotatable bonds is 10. The summed E-state index contributed by atoms with van der Waals surface area (Å²) in [6.07, 6.45) is 1.76. The van der Waals surface area contributed by atoms with Gasteiger partial charge < -0.3 is 14.8 Å². The van der Waals surface area contributed by atoms with E-state index in [1.807, 2.05) is 19.9 Å². The lowest BCUT2D eigenvalue weighted by molar-refractivity contribution is -0.153. The van der Waals surface area contributed by atoms with E-state index in [0.29, 0.717) is 13.2 Å². The Morgan fingerprint density at radius 1 is 1.21 bits per heavy atom. The lowest BCUT2D eigenvalue weighted by Gasteiger charge is -2.27. The highest BCUT2D eigenvalue weighted by atomic mass is 35.5. The van der Waals surface area contributed by atoms with E-state index in [0.717, 1.165) is 23.7 Å². The van der Waals surface area contributed by atoms with E-state index >= 15 is 0 Å². The molecule has 0 fully saturated rings. The molecule has 110 valence electrons. The molecule has 1 atom stereocenters. The Balaban J connectivity index is 2.67. The molecule has 1 aromatic rings. The van der Waals surface area contributed by atoms with Crippen LogP contribution in [0.4, 0.5) is 0 Å². The SMILES string of the molecule is CCCNC(Cc1ccc(Cl)s1)C(OCC)OCC. The van der Waals surface area contributed by atoms with Crippen LogP contribution >= 0.6 is 22.9 Å². The summed E-state index contributed by atoms with van der Waals surface area (Å²) in [6, 6.07) is 4.17. The van der Waals surface area contributed by atoms with Gasteiger partial charge in [-0.3, -0.25) is 0 Å². The summed E-state index contributed by atoms with van der Waals surface area (Å²) in [5.41, 5.74) is 0. The predicted molar refractivity (Wildman–Crippen MR) is 82.2 cm³/mol. The molecule has 3 nitrogen and oxygen atoms in total. The molecule has 0 bridgehead atoms. The third-order valence-corrected chi connectivity index (χ3v) is 3.95. The van der Waals surface area contributed by atoms with Gasteiger partial charge >= 0.3 is 0 Å². The summed E-state index contributed by atoms with van der Waals surface area (Å²) in [7, 11) is 0. The minimum Gasteiger partial charge on any atom is -0.351 e. The van der Waals surface area contributed by atoms with E-state index in [2.05, 4.69) is 18.3 Å². The third-order valence-electron chi connectivity index (χ3n) is 2.70. The molecule has 1 aromatic heterocycles. The van der Waals surface area contributed by atoms with Gasteiger partial charge in [-0.25, -0.2) is 0 Å². The van der Waals surface area contributed by atoms with Crippen molar-refractivity contribution >= 4 is 22.9 Å². The van der Waals surface area contributed by atoms with Gasteiger partial charge in [0.1, 0.15) is 0 Å². The molecule has 1 rings (SSSR count). The molecule has 1 unspecified atom stereocenters. The molecule has 5 heteroatoms. The summed E-state index contributed by atoms with van der Waals surface area (Å²) in [4.78, 5) is 1.25. The van der Waals surface area contributed by atoms with Crippen LogP contribution in [-0.4, -0.2) is 32.1 Å². The summed E-state index contributed by atoms with van der Waals surface area (Å²) in [6.45, 7) is 8.40. The molecule has 0 saturated carbocycles. The van der Waals surface area contributed by atoms with Crippen molar-refractivity contribution in [3.05, 3.63) is 21.3 Å². The maximum Gasteiger partial charge on any atom is 0.173 e. The molecule has 0 aromatic carbocycles. The monoisotopic (exact) mass is 305 g/mol. The van der Waals surface area contributed by atoms with E-state index in [4.69, 9.17) is 21.1 Å². The highest BCUT2D eigenvalue weighted by Gasteiger charge is 2.22. The number of halogens is 1. The van der Waals surface area contributed by atoms with Crippen LogP contribution in [0.1, 0.15) is 32.1 Å². The Kier molecular flexibility index (Phi) is 8.66. The van der Waals surface area contributed by atoms with Crippen molar-refractivity contribution in [1.29, 1.82) is 0 Å². The van der Waals surface area contributed by atoms with Gasteiger partial charge in [0.2, 0.25) is 0 Å². The molecule has 0 spiro atoms. The minimum atomic E-state index is -0.206. The predicted octanol–water partition coefficient (Wildman–Crippen LogP) is 3.71. The zero-order valence-corrected chi connectivity index (χ0v) is 13.5. The Morgan fingerprint density at radius 3 is 2.37 bits per heavy atom. The lowest BCUT2D eigenvalue weighted by Crippen LogP contribution is -2.44. The second-order valence-electron chi connectivity index (χ2n) is 4.25. The molecule has 0 saturated heterocycles. The summed E-state index contributed by atoms with van der Waals surface area (Å²) in [5.74, 6) is 0. The van der Waals surface area contributed by atoms with Crippen molar-refractivity contribution in [2.45, 2.75) is 45.9 Å². The number of thiophene rings is 1. The highest BCUT2D eigenvalue weighted by Crippen LogP contribution is 2.23. The Bertz CT molecular complexity index is 340. The molecule has 0 aliphatic heterocycles. The molecular formula is C14H24ClNO2S. The maximum absolute atomic E-state index is 5.99. The van der Waals surface area contributed by atoms with Crippen molar-refractivity contribution in [3.8, 4) is 0 Å². The first-order chi connectivity index (χ1) is 9.21. The number of hydrogen-bond acceptors (Lipinski definition) is 4. The van der Waals surface area contributed by atoms with Crippen molar-refractivity contribution in [2.24, 2.45) is 0 Å². The van der Waals surface area contributed by atoms with Crippen LogP contribution in [-0.2, 0) is 15.9 Å². The van der Waals surface area contributed by atoms with E-state index < -0.39 is 0 Å². The van der Waals surface area contributed by atoms with Crippen molar-refractivity contribution in [1.82, 2.24) is 5.32 Å². The summed E-state index contributed by atoms with van der Waals surface area (Å²) >= 11 is 7.60. The maximum atomic E-state index is 5.99. The lowest BCUT2D eigenvalue weighted by atomic mass is 10.1. The zero-order chi connectivity index (χ0) is 14.1. The molecule has 0 aliphatic carbocycles. The first-order valence-corrected chi connectivity index (χ1v) is 8.11. The fourth-order valence-corrected chi connectivity index (χ4v) is 3.03. The normalized spacial score (nSPS) is 13.1. The van der Waals surface area contributed by atoms with Crippen LogP contribution in [0.15, 0.2) is 12.1 Å². The largest absolute Gasteiger partial charge is 0.351 e. The molecular weight excluding hydrogens is 282 g/mol. The van der Waals surface area contributed by atoms with E-state index in [1.165, 1.54) is 4.88 Å². The topological polar surface area (TPSA) is 30.5 Å². The van der Waals surface area contributed by atoms with E-state index in [9.17, 15) is 0 Å². The van der Waals surface area contributed by atoms with Gasteiger partial charge in [-0.1, -0.05) is 18.5 Å². The average Bonchev–Trinajstić information content (AvgIpc) is 2.80. The average molecular weight is 306 g/mol. The molecule has 0 amide bonds. The third kappa shape index (κ3) is 6.23. The van der Waals surface area contributed by atoms with Gasteiger partial charge in [0.25, 0.3) is 0 Å². The van der Waals surface area contributed by atoms with E-state index in [-0.39, 0.29) is 12.3 Å². The number of nitrogens with one attached hydrogen (secondary N) is 1. The van der Waals surface area contributed by atoms with Crippen LogP contribution in [0.25, 0.3) is 0 Å². The Labute approximate surface area is 125 Å². The Hall–Kier alpha value is -0.130. The molecule has 1 heterocycles. The highest BCUT2D eigenvalue weighted by molar-refractivity contribution is 7.16. The van der Waals surface area contributed by atoms with Gasteiger partial charge in [-0.15, -0.1) is 11.3 Å². The fraction of sp³-hybridized carbons (Fsp3) is 0.714. The van der Waals surface area contributed by atoms with Crippen molar-refractivity contribution in [2.75, 3.05) is 19.8 Å². The van der Waals surface area contributed by atoms with Crippen LogP contribution < -0.4 is 5.32 Å². The first-order valence-electron chi connectivity index (χ1n) is 6.92. The number of ether oxygens (including phenoxy) is 2. The number of hydrogen-bond donors (Lipinski definition) is 1.